The zero-order chi connectivity index (χ0) is 13.0. The van der Waals surface area contributed by atoms with E-state index in [0.29, 0.717) is 5.25 Å². The fraction of sp³-hybridized carbons (Fsp3) is 0.538. The van der Waals surface area contributed by atoms with Crippen molar-refractivity contribution >= 4 is 11.8 Å². The number of hydrazine groups is 1. The van der Waals surface area contributed by atoms with Crippen LogP contribution in [0.2, 0.25) is 0 Å². The summed E-state index contributed by atoms with van der Waals surface area (Å²) in [7, 11) is 3.35. The first-order valence-electron chi connectivity index (χ1n) is 6.10. The summed E-state index contributed by atoms with van der Waals surface area (Å²) in [6.07, 6.45) is 2.41. The molecule has 0 radical (unpaired) electrons. The van der Waals surface area contributed by atoms with Gasteiger partial charge in [0.05, 0.1) is 25.8 Å². The lowest BCUT2D eigenvalue weighted by molar-refractivity contribution is 0.368. The Bertz CT molecular complexity index is 372. The Morgan fingerprint density at radius 1 is 1.33 bits per heavy atom. The lowest BCUT2D eigenvalue weighted by atomic mass is 9.99. The number of benzene rings is 1. The number of ether oxygens (including phenoxy) is 2. The molecule has 3 N–H and O–H groups in total. The third-order valence-electron chi connectivity index (χ3n) is 3.29. The van der Waals surface area contributed by atoms with Gasteiger partial charge in [-0.05, 0) is 30.7 Å². The lowest BCUT2D eigenvalue weighted by Crippen LogP contribution is -2.34. The topological polar surface area (TPSA) is 56.5 Å². The molecule has 0 aliphatic carbocycles. The molecular weight excluding hydrogens is 248 g/mol. The van der Waals surface area contributed by atoms with Crippen molar-refractivity contribution in [3.63, 3.8) is 0 Å². The van der Waals surface area contributed by atoms with Crippen molar-refractivity contribution in [3.05, 3.63) is 23.8 Å². The normalized spacial score (nSPS) is 20.7. The van der Waals surface area contributed by atoms with Gasteiger partial charge in [-0.25, -0.2) is 0 Å². The molecule has 0 spiro atoms. The lowest BCUT2D eigenvalue weighted by Gasteiger charge is -2.25. The molecule has 4 nitrogen and oxygen atoms in total. The molecule has 0 bridgehead atoms. The fourth-order valence-electron chi connectivity index (χ4n) is 2.43. The van der Waals surface area contributed by atoms with Gasteiger partial charge in [-0.15, -0.1) is 0 Å². The Hall–Kier alpha value is -0.910. The van der Waals surface area contributed by atoms with Crippen molar-refractivity contribution < 1.29 is 9.47 Å². The first-order chi connectivity index (χ1) is 8.81. The molecule has 1 fully saturated rings. The summed E-state index contributed by atoms with van der Waals surface area (Å²) < 4.78 is 10.9. The van der Waals surface area contributed by atoms with Crippen LogP contribution in [-0.4, -0.2) is 25.2 Å². The Morgan fingerprint density at radius 3 is 2.44 bits per heavy atom. The number of nitrogens with one attached hydrogen (secondary N) is 1. The van der Waals surface area contributed by atoms with Crippen molar-refractivity contribution in [2.75, 3.05) is 20.0 Å². The van der Waals surface area contributed by atoms with Crippen LogP contribution in [0.1, 0.15) is 24.4 Å². The zero-order valence-corrected chi connectivity index (χ0v) is 11.6. The third-order valence-corrected chi connectivity index (χ3v) is 4.75. The van der Waals surface area contributed by atoms with Crippen LogP contribution in [0.4, 0.5) is 0 Å². The van der Waals surface area contributed by atoms with E-state index in [9.17, 15) is 0 Å². The minimum Gasteiger partial charge on any atom is -0.496 e. The molecule has 100 valence electrons. The minimum absolute atomic E-state index is 0.0589. The van der Waals surface area contributed by atoms with Crippen LogP contribution in [0.15, 0.2) is 18.2 Å². The molecule has 2 atom stereocenters. The zero-order valence-electron chi connectivity index (χ0n) is 10.8. The van der Waals surface area contributed by atoms with Crippen molar-refractivity contribution in [2.45, 2.75) is 24.1 Å². The molecule has 5 heteroatoms. The summed E-state index contributed by atoms with van der Waals surface area (Å²) in [6.45, 7) is 0. The predicted octanol–water partition coefficient (Wildman–Crippen LogP) is 2.10. The average molecular weight is 268 g/mol. The molecule has 0 amide bonds. The van der Waals surface area contributed by atoms with Gasteiger partial charge in [0.25, 0.3) is 0 Å². The Balaban J connectivity index is 2.38. The highest BCUT2D eigenvalue weighted by Gasteiger charge is 2.30. The van der Waals surface area contributed by atoms with Crippen molar-refractivity contribution in [3.8, 4) is 11.5 Å². The van der Waals surface area contributed by atoms with Crippen LogP contribution < -0.4 is 20.7 Å². The summed E-state index contributed by atoms with van der Waals surface area (Å²) in [5.41, 5.74) is 3.95. The van der Waals surface area contributed by atoms with Gasteiger partial charge < -0.3 is 9.47 Å². The molecule has 1 saturated heterocycles. The molecular formula is C13H20N2O2S. The van der Waals surface area contributed by atoms with E-state index in [1.54, 1.807) is 14.2 Å². The Kier molecular flexibility index (Phi) is 4.74. The number of thioether (sulfide) groups is 1. The van der Waals surface area contributed by atoms with Crippen LogP contribution >= 0.6 is 11.8 Å². The summed E-state index contributed by atoms with van der Waals surface area (Å²) in [6, 6.07) is 5.88. The molecule has 2 rings (SSSR count). The molecule has 0 aromatic heterocycles. The second kappa shape index (κ2) is 6.31. The average Bonchev–Trinajstić information content (AvgIpc) is 2.93. The number of hydrogen-bond acceptors (Lipinski definition) is 5. The van der Waals surface area contributed by atoms with Gasteiger partial charge in [0.1, 0.15) is 11.5 Å². The van der Waals surface area contributed by atoms with E-state index in [-0.39, 0.29) is 6.04 Å². The monoisotopic (exact) mass is 268 g/mol. The SMILES string of the molecule is COc1cccc(OC)c1C(NN)C1CCCS1. The van der Waals surface area contributed by atoms with Gasteiger partial charge in [-0.2, -0.15) is 11.8 Å². The fourth-order valence-corrected chi connectivity index (χ4v) is 3.80. The highest BCUT2D eigenvalue weighted by Crippen LogP contribution is 2.42. The first-order valence-corrected chi connectivity index (χ1v) is 7.15. The van der Waals surface area contributed by atoms with Gasteiger partial charge in [0.15, 0.2) is 0 Å². The number of rotatable bonds is 5. The summed E-state index contributed by atoms with van der Waals surface area (Å²) in [5, 5.41) is 0.472. The quantitative estimate of drug-likeness (QED) is 0.632. The number of nitrogens with two attached hydrogens (primary N) is 1. The van der Waals surface area contributed by atoms with Crippen LogP contribution in [0.25, 0.3) is 0 Å². The highest BCUT2D eigenvalue weighted by molar-refractivity contribution is 8.00. The van der Waals surface area contributed by atoms with Crippen LogP contribution in [0.5, 0.6) is 11.5 Å². The molecule has 2 unspecified atom stereocenters. The van der Waals surface area contributed by atoms with E-state index in [1.165, 1.54) is 18.6 Å². The van der Waals surface area contributed by atoms with Crippen molar-refractivity contribution in [1.29, 1.82) is 0 Å². The number of methoxy groups -OCH3 is 2. The van der Waals surface area contributed by atoms with Crippen molar-refractivity contribution in [1.82, 2.24) is 5.43 Å². The smallest absolute Gasteiger partial charge is 0.127 e. The molecule has 1 aromatic rings. The molecule has 18 heavy (non-hydrogen) atoms. The Labute approximate surface area is 112 Å². The van der Waals surface area contributed by atoms with Gasteiger partial charge in [0.2, 0.25) is 0 Å². The summed E-state index contributed by atoms with van der Waals surface area (Å²) in [4.78, 5) is 0. The van der Waals surface area contributed by atoms with E-state index in [0.717, 1.165) is 17.1 Å². The molecule has 1 aliphatic heterocycles. The second-order valence-corrected chi connectivity index (χ2v) is 5.62. The van der Waals surface area contributed by atoms with Gasteiger partial charge >= 0.3 is 0 Å². The summed E-state index contributed by atoms with van der Waals surface area (Å²) in [5.74, 6) is 8.60. The molecule has 1 aromatic carbocycles. The minimum atomic E-state index is 0.0589. The largest absolute Gasteiger partial charge is 0.496 e. The first kappa shape index (κ1) is 13.5. The van der Waals surface area contributed by atoms with E-state index in [4.69, 9.17) is 15.3 Å². The molecule has 1 heterocycles. The van der Waals surface area contributed by atoms with Gasteiger partial charge in [-0.3, -0.25) is 11.3 Å². The maximum absolute atomic E-state index is 5.76. The summed E-state index contributed by atoms with van der Waals surface area (Å²) >= 11 is 1.95. The third kappa shape index (κ3) is 2.58. The number of hydrogen-bond donors (Lipinski definition) is 2. The highest BCUT2D eigenvalue weighted by atomic mass is 32.2. The maximum Gasteiger partial charge on any atom is 0.127 e. The predicted molar refractivity (Wildman–Crippen MR) is 75.1 cm³/mol. The second-order valence-electron chi connectivity index (χ2n) is 4.27. The van der Waals surface area contributed by atoms with Gasteiger partial charge in [0, 0.05) is 5.25 Å². The molecule has 0 saturated carbocycles. The van der Waals surface area contributed by atoms with Crippen LogP contribution in [0, 0.1) is 0 Å². The maximum atomic E-state index is 5.76. The van der Waals surface area contributed by atoms with E-state index < -0.39 is 0 Å². The van der Waals surface area contributed by atoms with E-state index >= 15 is 0 Å². The van der Waals surface area contributed by atoms with Gasteiger partial charge in [-0.1, -0.05) is 6.07 Å². The van der Waals surface area contributed by atoms with Crippen LogP contribution in [-0.2, 0) is 0 Å². The molecule has 1 aliphatic rings. The van der Waals surface area contributed by atoms with E-state index in [1.807, 2.05) is 30.0 Å². The van der Waals surface area contributed by atoms with E-state index in [2.05, 4.69) is 5.43 Å². The Morgan fingerprint density at radius 2 is 2.00 bits per heavy atom. The van der Waals surface area contributed by atoms with Crippen LogP contribution in [0.3, 0.4) is 0 Å². The standard InChI is InChI=1S/C13H20N2O2S/c1-16-9-5-3-6-10(17-2)12(9)13(15-14)11-7-4-8-18-11/h3,5-6,11,13,15H,4,7-8,14H2,1-2H3. The van der Waals surface area contributed by atoms with Crippen molar-refractivity contribution in [2.24, 2.45) is 5.84 Å².